The molecule has 0 spiro atoms. The number of aromatic nitrogens is 10. The first-order valence-electron chi connectivity index (χ1n) is 42.1. The summed E-state index contributed by atoms with van der Waals surface area (Å²) in [5.74, 6) is 1.38. The predicted octanol–water partition coefficient (Wildman–Crippen LogP) is 25.4. The number of para-hydroxylation sites is 4. The van der Waals surface area contributed by atoms with Crippen molar-refractivity contribution in [3.05, 3.63) is 397 Å². The Kier molecular flexibility index (Phi) is 50.6. The van der Waals surface area contributed by atoms with E-state index in [0.717, 1.165) is 96.8 Å². The molecule has 0 amide bonds. The second-order valence-corrected chi connectivity index (χ2v) is 36.2. The number of ketones is 3. The normalized spacial score (nSPS) is 10.7. The molecule has 25 heteroatoms. The number of aryl methyl sites for hydroxylation is 4. The van der Waals surface area contributed by atoms with Crippen LogP contribution in [0.2, 0.25) is 0 Å². The van der Waals surface area contributed by atoms with Gasteiger partial charge in [-0.05, 0) is 181 Å². The number of hydrogen-bond donors (Lipinski definition) is 3. The fourth-order valence-electron chi connectivity index (χ4n) is 13.0. The molecule has 17 aromatic rings. The van der Waals surface area contributed by atoms with E-state index in [-0.39, 0.29) is 136 Å². The van der Waals surface area contributed by atoms with Gasteiger partial charge in [0, 0.05) is 140 Å². The number of halogens is 3. The van der Waals surface area contributed by atoms with Gasteiger partial charge in [0.1, 0.15) is 5.69 Å². The van der Waals surface area contributed by atoms with Crippen molar-refractivity contribution in [2.75, 3.05) is 26.7 Å². The summed E-state index contributed by atoms with van der Waals surface area (Å²) in [7, 11) is -0.424. The standard InChI is InChI=1S/C21H22N.C20H14N.C19H13N2.C9H5F3N3.C9H8N3.2C8H11P.3C5H8O2.3Ir.Os/c1-14(2)10-17-6-5-7-21-19(17)8-9-20(22-21)18-12-15(3)11-16(4)13-18;1-14-13-20(21-19-12-5-4-9-16(14)19)18-11-6-8-15-7-2-3-10-17(15)18;1-3-9-15(10-4-1)19-20-17-13-7-8-14-18(17)21(19)16-11-5-2-6-12-16;10-9(11,12)8-5-7(14-15-8)6-3-1-2-4-13-6;1-7-6-9(12-11-7)8-4-2-3-5-10-8;2*1-9(2)8-6-4-3-5-7-8;3*1-4(6)3-5(2)7;;;;/h5-9,11-12,14H,10H2,1-4H3;2-10,12-13H,1H3;1-9,11-14H;1-5H;2-6H,1H3;2*3-7H,1-2H3;3*3,6H,1-2H3;;;;/q5*-1;;;;;;;;;+2/p+2. The maximum absolute atomic E-state index is 12.2. The number of nitrogens with zero attached hydrogens (tertiary/aromatic N) is 10. The van der Waals surface area contributed by atoms with E-state index in [1.54, 1.807) is 24.4 Å². The summed E-state index contributed by atoms with van der Waals surface area (Å²) in [4.78, 5) is 52.6. The Balaban J connectivity index is 0.000000319. The topological polar surface area (TPSA) is 235 Å². The van der Waals surface area contributed by atoms with Crippen molar-refractivity contribution in [1.29, 1.82) is 0 Å². The number of aliphatic hydroxyl groups excluding tert-OH is 3. The van der Waals surface area contributed by atoms with Crippen LogP contribution in [0, 0.1) is 51.8 Å². The van der Waals surface area contributed by atoms with Crippen LogP contribution in [0.4, 0.5) is 13.2 Å². The fraction of sp³-hybridized carbons (Fsp3) is 0.174. The molecule has 0 atom stereocenters. The van der Waals surface area contributed by atoms with E-state index in [4.69, 9.17) is 30.3 Å². The number of hydrogen-bond acceptors (Lipinski definition) is 13. The van der Waals surface area contributed by atoms with Crippen molar-refractivity contribution in [1.82, 2.24) is 49.9 Å². The molecule has 7 heterocycles. The number of aliphatic hydroxyl groups is 3. The van der Waals surface area contributed by atoms with Crippen LogP contribution in [0.25, 0.3) is 106 Å². The average molecular weight is 2540 g/mol. The maximum atomic E-state index is 12.2. The Bertz CT molecular complexity index is 6410. The van der Waals surface area contributed by atoms with E-state index in [9.17, 15) is 27.6 Å². The summed E-state index contributed by atoms with van der Waals surface area (Å²) in [6, 6.07) is 109. The van der Waals surface area contributed by atoms with Crippen molar-refractivity contribution in [3.8, 4) is 62.4 Å². The van der Waals surface area contributed by atoms with Gasteiger partial charge in [0.05, 0.1) is 82.4 Å². The third-order valence-electron chi connectivity index (χ3n) is 18.6. The van der Waals surface area contributed by atoms with Crippen molar-refractivity contribution in [2.45, 2.75) is 95.7 Å². The quantitative estimate of drug-likeness (QED) is 0.0421. The predicted molar refractivity (Wildman–Crippen MR) is 533 cm³/mol. The van der Waals surface area contributed by atoms with E-state index in [1.165, 1.54) is 115 Å². The molecule has 0 fully saturated rings. The van der Waals surface area contributed by atoms with Gasteiger partial charge in [-0.3, -0.25) is 39.3 Å². The molecule has 0 aliphatic heterocycles. The average Bonchev–Trinajstić information content (AvgIpc) is 1.12. The first-order valence-corrected chi connectivity index (χ1v) is 47.1. The van der Waals surface area contributed by atoms with Gasteiger partial charge in [-0.25, -0.2) is 0 Å². The SMILES string of the molecule is CC(=O)C=C(C)O.CC(=O)C=C(C)O.CC(=O)C=C(C)O.C[PH+](C)c1ccccc1.C[PH+](C)c1ccccc1.Cc1[c-]c(-c2ccc3c(CC(C)C)cccc3n2)cc(C)c1.Cc1cc(-c2[c-]ccc3ccccc23)nc2ccccc12.Cc1cc(-c2ccccn2)[n-]n1.FC(F)(F)c1cc(-c2ccccn2)[n-]n1.[Ir].[Ir].[Ir].[Os+2].[c-]1ccccc1-c1nc2ccccc2n1-c1ccccc1. The Hall–Kier alpha value is -11.7. The van der Waals surface area contributed by atoms with Crippen LogP contribution in [0.1, 0.15) is 89.0 Å². The molecule has 0 bridgehead atoms. The number of alkyl halides is 3. The van der Waals surface area contributed by atoms with E-state index < -0.39 is 11.9 Å². The molecule has 7 aromatic heterocycles. The molecule has 0 saturated carbocycles. The van der Waals surface area contributed by atoms with Crippen molar-refractivity contribution in [2.24, 2.45) is 5.92 Å². The van der Waals surface area contributed by atoms with Gasteiger partial charge in [0.15, 0.2) is 17.3 Å². The van der Waals surface area contributed by atoms with E-state index in [2.05, 4.69) is 290 Å². The minimum Gasteiger partial charge on any atom is -0.574 e. The first kappa shape index (κ1) is 115. The van der Waals surface area contributed by atoms with E-state index in [0.29, 0.717) is 11.6 Å². The third-order valence-corrected chi connectivity index (χ3v) is 21.6. The molecule has 699 valence electrons. The van der Waals surface area contributed by atoms with Crippen molar-refractivity contribution >= 4 is 87.4 Å². The minimum absolute atomic E-state index is 0. The third kappa shape index (κ3) is 38.7. The van der Waals surface area contributed by atoms with Gasteiger partial charge in [-0.15, -0.1) is 99.9 Å². The second kappa shape index (κ2) is 59.2. The molecule has 0 saturated heterocycles. The Labute approximate surface area is 840 Å². The van der Waals surface area contributed by atoms with Gasteiger partial charge < -0.3 is 40.3 Å². The van der Waals surface area contributed by atoms with Gasteiger partial charge >= 0.3 is 26.0 Å². The van der Waals surface area contributed by atoms with Gasteiger partial charge in [-0.2, -0.15) is 13.2 Å². The second-order valence-electron chi connectivity index (χ2n) is 31.0. The Morgan fingerprint density at radius 1 is 0.455 bits per heavy atom. The summed E-state index contributed by atoms with van der Waals surface area (Å²) in [6.07, 6.45) is 3.37. The van der Waals surface area contributed by atoms with Crippen LogP contribution >= 0.6 is 15.8 Å². The molecule has 3 N–H and O–H groups in total. The first-order chi connectivity index (χ1) is 62.2. The smallest absolute Gasteiger partial charge is 0.574 e. The van der Waals surface area contributed by atoms with Crippen LogP contribution in [0.5, 0.6) is 0 Å². The molecule has 16 nitrogen and oxygen atoms in total. The van der Waals surface area contributed by atoms with Crippen LogP contribution in [0.3, 0.4) is 0 Å². The molecule has 3 radical (unpaired) electrons. The summed E-state index contributed by atoms with van der Waals surface area (Å²) < 4.78 is 38.8. The van der Waals surface area contributed by atoms with Crippen LogP contribution in [0.15, 0.2) is 345 Å². The number of imidazole rings is 1. The minimum atomic E-state index is -4.46. The van der Waals surface area contributed by atoms with E-state index in [1.807, 2.05) is 104 Å². The molecule has 0 aliphatic rings. The van der Waals surface area contributed by atoms with Gasteiger partial charge in [-0.1, -0.05) is 202 Å². The number of carbonyl (C=O) groups excluding carboxylic acids is 3. The summed E-state index contributed by atoms with van der Waals surface area (Å²) in [5, 5.41) is 47.4. The summed E-state index contributed by atoms with van der Waals surface area (Å²) in [6.45, 7) is 30.5. The summed E-state index contributed by atoms with van der Waals surface area (Å²) >= 11 is 0. The number of allylic oxidation sites excluding steroid dienone is 6. The Morgan fingerprint density at radius 2 is 0.940 bits per heavy atom. The summed E-state index contributed by atoms with van der Waals surface area (Å²) in [5.41, 5.74) is 17.6. The fourth-order valence-corrected chi connectivity index (χ4v) is 14.7. The number of carbonyl (C=O) groups is 3. The Morgan fingerprint density at radius 3 is 1.42 bits per heavy atom. The number of rotatable bonds is 13. The van der Waals surface area contributed by atoms with Crippen molar-refractivity contribution < 1.29 is 123 Å². The largest absolute Gasteiger partial charge is 2.00 e. The zero-order chi connectivity index (χ0) is 94.2. The molecule has 17 rings (SSSR count). The van der Waals surface area contributed by atoms with Crippen molar-refractivity contribution in [3.63, 3.8) is 0 Å². The number of benzene rings is 10. The molecular weight excluding hydrogens is 2430 g/mol. The van der Waals surface area contributed by atoms with Gasteiger partial charge in [0.2, 0.25) is 0 Å². The molecule has 134 heavy (non-hydrogen) atoms. The molecule has 10 aromatic carbocycles. The molecule has 0 unspecified atom stereocenters. The van der Waals surface area contributed by atoms with Crippen LogP contribution in [-0.4, -0.2) is 99.0 Å². The van der Waals surface area contributed by atoms with Gasteiger partial charge in [0.25, 0.3) is 0 Å². The molecular formula is C109H110F3Ir3N10O6OsP2-. The van der Waals surface area contributed by atoms with Crippen LogP contribution in [-0.2, 0) is 107 Å². The molecule has 0 aliphatic carbocycles. The van der Waals surface area contributed by atoms with E-state index >= 15 is 0 Å². The zero-order valence-corrected chi connectivity index (χ0v) is 89.2. The number of pyridine rings is 4. The number of fused-ring (bicyclic) bond motifs is 4. The zero-order valence-electron chi connectivity index (χ0n) is 77.5. The monoisotopic (exact) mass is 2540 g/mol. The maximum Gasteiger partial charge on any atom is 2.00 e. The van der Waals surface area contributed by atoms with Crippen LogP contribution < -0.4 is 20.8 Å².